The SMILES string of the molecule is Cc1cc2c(cc1C(=O)N1CCc3cnn(C)c3C1)[nH]c(=O)c1nnc(C3CCOCC3)n12. The Balaban J connectivity index is 1.44. The second kappa shape index (κ2) is 7.51. The summed E-state index contributed by atoms with van der Waals surface area (Å²) in [4.78, 5) is 31.0. The molecule has 2 aliphatic rings. The van der Waals surface area contributed by atoms with Crippen LogP contribution in [-0.2, 0) is 24.8 Å². The van der Waals surface area contributed by atoms with Crippen molar-refractivity contribution in [2.24, 2.45) is 7.05 Å². The third-order valence-corrected chi connectivity index (χ3v) is 6.97. The van der Waals surface area contributed by atoms with Gasteiger partial charge in [0.1, 0.15) is 5.82 Å². The number of ether oxygens (including phenoxy) is 1. The summed E-state index contributed by atoms with van der Waals surface area (Å²) in [7, 11) is 1.90. The third kappa shape index (κ3) is 3.16. The number of nitrogens with zero attached hydrogens (tertiary/aromatic N) is 6. The molecule has 1 N–H and O–H groups in total. The number of aryl methyl sites for hydroxylation is 2. The van der Waals surface area contributed by atoms with E-state index >= 15 is 0 Å². The molecule has 0 aliphatic carbocycles. The van der Waals surface area contributed by atoms with E-state index in [2.05, 4.69) is 20.3 Å². The monoisotopic (exact) mass is 447 g/mol. The maximum atomic E-state index is 13.5. The fraction of sp³-hybridized carbons (Fsp3) is 0.435. The quantitative estimate of drug-likeness (QED) is 0.501. The van der Waals surface area contributed by atoms with E-state index < -0.39 is 0 Å². The van der Waals surface area contributed by atoms with Crippen molar-refractivity contribution < 1.29 is 9.53 Å². The van der Waals surface area contributed by atoms with Crippen LogP contribution < -0.4 is 5.56 Å². The Bertz CT molecular complexity index is 1460. The Morgan fingerprint density at radius 2 is 2.03 bits per heavy atom. The van der Waals surface area contributed by atoms with Gasteiger partial charge >= 0.3 is 0 Å². The molecule has 0 atom stereocenters. The molecular formula is C23H25N7O3. The molecule has 2 aliphatic heterocycles. The molecule has 1 amide bonds. The summed E-state index contributed by atoms with van der Waals surface area (Å²) in [5, 5.41) is 12.9. The normalized spacial score (nSPS) is 17.1. The molecule has 0 saturated carbocycles. The first-order valence-corrected chi connectivity index (χ1v) is 11.3. The second-order valence-electron chi connectivity index (χ2n) is 8.96. The van der Waals surface area contributed by atoms with E-state index in [1.54, 1.807) is 6.07 Å². The smallest absolute Gasteiger partial charge is 0.294 e. The maximum absolute atomic E-state index is 13.5. The number of hydrogen-bond acceptors (Lipinski definition) is 6. The summed E-state index contributed by atoms with van der Waals surface area (Å²) in [6.07, 6.45) is 4.35. The Labute approximate surface area is 189 Å². The number of H-pyrrole nitrogens is 1. The molecule has 1 fully saturated rings. The Morgan fingerprint density at radius 3 is 2.85 bits per heavy atom. The van der Waals surface area contributed by atoms with Crippen LogP contribution in [0.3, 0.4) is 0 Å². The minimum Gasteiger partial charge on any atom is -0.381 e. The first-order chi connectivity index (χ1) is 16.0. The van der Waals surface area contributed by atoms with Crippen LogP contribution in [0.4, 0.5) is 0 Å². The standard InChI is InChI=1S/C23H25N7O3/c1-13-9-18-17(10-16(13)23(32)29-6-3-15-11-24-28(2)19(15)12-29)25-22(31)21-27-26-20(30(18)21)14-4-7-33-8-5-14/h9-11,14H,3-8,12H2,1-2H3,(H,25,31). The van der Waals surface area contributed by atoms with Crippen molar-refractivity contribution in [1.82, 2.24) is 34.3 Å². The van der Waals surface area contributed by atoms with Gasteiger partial charge in [0.2, 0.25) is 5.65 Å². The minimum absolute atomic E-state index is 0.0457. The molecule has 10 heteroatoms. The van der Waals surface area contributed by atoms with Gasteiger partial charge in [-0.25, -0.2) is 0 Å². The van der Waals surface area contributed by atoms with Gasteiger partial charge in [0, 0.05) is 38.3 Å². The molecule has 4 aromatic rings. The molecule has 33 heavy (non-hydrogen) atoms. The van der Waals surface area contributed by atoms with E-state index in [9.17, 15) is 9.59 Å². The average Bonchev–Trinajstić information content (AvgIpc) is 3.44. The number of hydrogen-bond donors (Lipinski definition) is 1. The summed E-state index contributed by atoms with van der Waals surface area (Å²) in [6, 6.07) is 3.75. The van der Waals surface area contributed by atoms with Crippen LogP contribution in [0.1, 0.15) is 51.8 Å². The summed E-state index contributed by atoms with van der Waals surface area (Å²) >= 11 is 0. The predicted molar refractivity (Wildman–Crippen MR) is 120 cm³/mol. The van der Waals surface area contributed by atoms with Gasteiger partial charge in [-0.15, -0.1) is 10.2 Å². The molecule has 0 unspecified atom stereocenters. The van der Waals surface area contributed by atoms with Crippen LogP contribution in [0.2, 0.25) is 0 Å². The average molecular weight is 447 g/mol. The van der Waals surface area contributed by atoms with Crippen molar-refractivity contribution in [3.63, 3.8) is 0 Å². The first kappa shape index (κ1) is 20.1. The molecule has 1 aromatic carbocycles. The lowest BCUT2D eigenvalue weighted by Crippen LogP contribution is -2.36. The molecule has 170 valence electrons. The van der Waals surface area contributed by atoms with Gasteiger partial charge in [-0.2, -0.15) is 5.10 Å². The van der Waals surface area contributed by atoms with Crippen LogP contribution in [0.15, 0.2) is 23.1 Å². The maximum Gasteiger partial charge on any atom is 0.294 e. The van der Waals surface area contributed by atoms with Gasteiger partial charge in [0.25, 0.3) is 11.5 Å². The molecule has 0 bridgehead atoms. The fourth-order valence-electron chi connectivity index (χ4n) is 5.07. The highest BCUT2D eigenvalue weighted by Gasteiger charge is 2.27. The zero-order valence-electron chi connectivity index (χ0n) is 18.7. The molecule has 0 radical (unpaired) electrons. The number of amides is 1. The molecule has 5 heterocycles. The van der Waals surface area contributed by atoms with Gasteiger partial charge in [-0.05, 0) is 49.4 Å². The summed E-state index contributed by atoms with van der Waals surface area (Å²) in [5.74, 6) is 0.917. The first-order valence-electron chi connectivity index (χ1n) is 11.3. The van der Waals surface area contributed by atoms with Gasteiger partial charge in [0.15, 0.2) is 0 Å². The number of rotatable bonds is 2. The van der Waals surface area contributed by atoms with Crippen molar-refractivity contribution in [2.45, 2.75) is 38.6 Å². The van der Waals surface area contributed by atoms with Crippen molar-refractivity contribution >= 4 is 22.6 Å². The van der Waals surface area contributed by atoms with E-state index in [1.165, 1.54) is 5.56 Å². The zero-order chi connectivity index (χ0) is 22.7. The van der Waals surface area contributed by atoms with E-state index in [-0.39, 0.29) is 23.0 Å². The van der Waals surface area contributed by atoms with Crippen LogP contribution in [0.25, 0.3) is 16.7 Å². The van der Waals surface area contributed by atoms with Crippen molar-refractivity contribution in [3.05, 3.63) is 56.9 Å². The third-order valence-electron chi connectivity index (χ3n) is 6.97. The molecular weight excluding hydrogens is 422 g/mol. The Hall–Kier alpha value is -3.53. The van der Waals surface area contributed by atoms with Crippen LogP contribution in [-0.4, -0.2) is 59.9 Å². The number of carbonyl (C=O) groups excluding carboxylic acids is 1. The number of carbonyl (C=O) groups is 1. The van der Waals surface area contributed by atoms with E-state index in [0.29, 0.717) is 37.4 Å². The minimum atomic E-state index is -0.312. The Morgan fingerprint density at radius 1 is 1.21 bits per heavy atom. The van der Waals surface area contributed by atoms with E-state index in [1.807, 2.05) is 40.2 Å². The number of nitrogens with one attached hydrogen (secondary N) is 1. The summed E-state index contributed by atoms with van der Waals surface area (Å²) in [6.45, 7) is 4.45. The second-order valence-corrected chi connectivity index (χ2v) is 8.96. The Kier molecular flexibility index (Phi) is 4.58. The topological polar surface area (TPSA) is 110 Å². The number of aromatic nitrogens is 6. The predicted octanol–water partition coefficient (Wildman–Crippen LogP) is 1.71. The largest absolute Gasteiger partial charge is 0.381 e. The molecule has 3 aromatic heterocycles. The van der Waals surface area contributed by atoms with Crippen LogP contribution in [0, 0.1) is 6.92 Å². The lowest BCUT2D eigenvalue weighted by molar-refractivity contribution is 0.0729. The van der Waals surface area contributed by atoms with E-state index in [4.69, 9.17) is 4.74 Å². The molecule has 10 nitrogen and oxygen atoms in total. The molecule has 0 spiro atoms. The molecule has 6 rings (SSSR count). The highest BCUT2D eigenvalue weighted by atomic mass is 16.5. The lowest BCUT2D eigenvalue weighted by Gasteiger charge is -2.28. The van der Waals surface area contributed by atoms with Crippen LogP contribution in [0.5, 0.6) is 0 Å². The van der Waals surface area contributed by atoms with Gasteiger partial charge < -0.3 is 14.6 Å². The highest BCUT2D eigenvalue weighted by molar-refractivity contribution is 5.99. The fourth-order valence-corrected chi connectivity index (χ4v) is 5.07. The van der Waals surface area contributed by atoms with Gasteiger partial charge in [-0.1, -0.05) is 0 Å². The van der Waals surface area contributed by atoms with E-state index in [0.717, 1.165) is 41.9 Å². The van der Waals surface area contributed by atoms with Gasteiger partial charge in [0.05, 0.1) is 29.5 Å². The number of aromatic amines is 1. The highest BCUT2D eigenvalue weighted by Crippen LogP contribution is 2.29. The number of fused-ring (bicyclic) bond motifs is 4. The lowest BCUT2D eigenvalue weighted by atomic mass is 9.99. The molecule has 1 saturated heterocycles. The van der Waals surface area contributed by atoms with Crippen molar-refractivity contribution in [2.75, 3.05) is 19.8 Å². The van der Waals surface area contributed by atoms with Gasteiger partial charge in [-0.3, -0.25) is 18.7 Å². The number of benzene rings is 1. The van der Waals surface area contributed by atoms with Crippen molar-refractivity contribution in [1.29, 1.82) is 0 Å². The van der Waals surface area contributed by atoms with Crippen LogP contribution >= 0.6 is 0 Å². The summed E-state index contributed by atoms with van der Waals surface area (Å²) < 4.78 is 9.18. The van der Waals surface area contributed by atoms with Crippen molar-refractivity contribution in [3.8, 4) is 0 Å². The zero-order valence-corrected chi connectivity index (χ0v) is 18.7. The summed E-state index contributed by atoms with van der Waals surface area (Å²) in [5.41, 5.74) is 5.07.